The molecule has 0 saturated heterocycles. The zero-order valence-corrected chi connectivity index (χ0v) is 13.3. The third-order valence-electron chi connectivity index (χ3n) is 3.21. The van der Waals surface area contributed by atoms with Crippen molar-refractivity contribution in [2.75, 3.05) is 12.9 Å². The summed E-state index contributed by atoms with van der Waals surface area (Å²) in [5.41, 5.74) is 0.619. The smallest absolute Gasteiger partial charge is 0.191 e. The maximum Gasteiger partial charge on any atom is 0.191 e. The number of ether oxygens (including phenoxy) is 1. The topological polar surface area (TPSA) is 70.2 Å². The first-order chi connectivity index (χ1) is 11.3. The molecule has 3 rings (SSSR count). The number of carbonyl (C=O) groups is 1. The summed E-state index contributed by atoms with van der Waals surface area (Å²) >= 11 is 1.35. The van der Waals surface area contributed by atoms with Crippen molar-refractivity contribution in [1.82, 2.24) is 14.8 Å². The number of thioether (sulfide) groups is 1. The Kier molecular flexibility index (Phi) is 4.77. The summed E-state index contributed by atoms with van der Waals surface area (Å²) in [5, 5.41) is 8.63. The van der Waals surface area contributed by atoms with Crippen LogP contribution in [-0.2, 0) is 6.54 Å². The van der Waals surface area contributed by atoms with Crippen LogP contribution in [-0.4, -0.2) is 33.4 Å². The third-order valence-corrected chi connectivity index (χ3v) is 4.19. The maximum absolute atomic E-state index is 12.3. The van der Waals surface area contributed by atoms with Crippen molar-refractivity contribution in [3.63, 3.8) is 0 Å². The molecule has 0 fully saturated rings. The van der Waals surface area contributed by atoms with E-state index in [1.807, 2.05) is 22.8 Å². The van der Waals surface area contributed by atoms with Crippen molar-refractivity contribution in [3.05, 3.63) is 60.3 Å². The summed E-state index contributed by atoms with van der Waals surface area (Å²) in [4.78, 5) is 12.3. The molecule has 3 aromatic rings. The molecular formula is C16H15N3O3S. The van der Waals surface area contributed by atoms with Gasteiger partial charge < -0.3 is 13.7 Å². The van der Waals surface area contributed by atoms with Crippen molar-refractivity contribution in [2.24, 2.45) is 0 Å². The Bertz CT molecular complexity index is 783. The molecule has 0 atom stereocenters. The number of ketones is 1. The summed E-state index contributed by atoms with van der Waals surface area (Å²) < 4.78 is 12.3. The molecule has 0 spiro atoms. The van der Waals surface area contributed by atoms with Crippen LogP contribution in [0.2, 0.25) is 0 Å². The lowest BCUT2D eigenvalue weighted by Crippen LogP contribution is -2.05. The molecule has 0 bridgehead atoms. The number of furan rings is 1. The lowest BCUT2D eigenvalue weighted by Gasteiger charge is -2.05. The van der Waals surface area contributed by atoms with Gasteiger partial charge in [0, 0.05) is 5.56 Å². The van der Waals surface area contributed by atoms with E-state index in [2.05, 4.69) is 10.2 Å². The molecule has 118 valence electrons. The first-order valence-electron chi connectivity index (χ1n) is 6.96. The Morgan fingerprint density at radius 1 is 1.35 bits per heavy atom. The van der Waals surface area contributed by atoms with Gasteiger partial charge in [-0.2, -0.15) is 0 Å². The standard InChI is InChI=1S/C16H15N3O3S/c1-21-13-5-2-4-12(8-13)15(20)10-23-16-18-17-11-19(16)9-14-6-3-7-22-14/h2-8,11H,9-10H2,1H3. The zero-order valence-electron chi connectivity index (χ0n) is 12.5. The van der Waals surface area contributed by atoms with E-state index in [0.29, 0.717) is 23.0 Å². The van der Waals surface area contributed by atoms with Crippen LogP contribution in [0.5, 0.6) is 5.75 Å². The van der Waals surface area contributed by atoms with Gasteiger partial charge in [-0.3, -0.25) is 4.79 Å². The van der Waals surface area contributed by atoms with Crippen LogP contribution < -0.4 is 4.74 Å². The largest absolute Gasteiger partial charge is 0.497 e. The predicted molar refractivity (Wildman–Crippen MR) is 85.9 cm³/mol. The van der Waals surface area contributed by atoms with E-state index in [4.69, 9.17) is 9.15 Å². The number of hydrogen-bond acceptors (Lipinski definition) is 6. The van der Waals surface area contributed by atoms with Crippen molar-refractivity contribution in [2.45, 2.75) is 11.7 Å². The van der Waals surface area contributed by atoms with Crippen LogP contribution in [0.25, 0.3) is 0 Å². The van der Waals surface area contributed by atoms with Gasteiger partial charge in [0.25, 0.3) is 0 Å². The van der Waals surface area contributed by atoms with Gasteiger partial charge >= 0.3 is 0 Å². The van der Waals surface area contributed by atoms with Gasteiger partial charge in [-0.1, -0.05) is 23.9 Å². The quantitative estimate of drug-likeness (QED) is 0.490. The summed E-state index contributed by atoms with van der Waals surface area (Å²) in [5.74, 6) is 1.78. The van der Waals surface area contributed by atoms with Gasteiger partial charge in [-0.15, -0.1) is 10.2 Å². The van der Waals surface area contributed by atoms with Crippen LogP contribution in [0.4, 0.5) is 0 Å². The second-order valence-electron chi connectivity index (χ2n) is 4.76. The number of rotatable bonds is 7. The summed E-state index contributed by atoms with van der Waals surface area (Å²) in [6.45, 7) is 0.537. The fourth-order valence-electron chi connectivity index (χ4n) is 2.04. The van der Waals surface area contributed by atoms with Gasteiger partial charge in [0.15, 0.2) is 10.9 Å². The Morgan fingerprint density at radius 3 is 3.04 bits per heavy atom. The number of aromatic nitrogens is 3. The Hall–Kier alpha value is -2.54. The molecule has 6 nitrogen and oxygen atoms in total. The average Bonchev–Trinajstić information content (AvgIpc) is 3.25. The molecule has 2 heterocycles. The predicted octanol–water partition coefficient (Wildman–Crippen LogP) is 2.90. The number of nitrogens with zero attached hydrogens (tertiary/aromatic N) is 3. The summed E-state index contributed by atoms with van der Waals surface area (Å²) in [6, 6.07) is 10.8. The fraction of sp³-hybridized carbons (Fsp3) is 0.188. The maximum atomic E-state index is 12.3. The molecule has 0 unspecified atom stereocenters. The van der Waals surface area contributed by atoms with Crippen LogP contribution in [0, 0.1) is 0 Å². The number of methoxy groups -OCH3 is 1. The number of benzene rings is 1. The molecule has 0 N–H and O–H groups in total. The van der Waals surface area contributed by atoms with Crippen molar-refractivity contribution in [3.8, 4) is 5.75 Å². The molecule has 0 saturated carbocycles. The highest BCUT2D eigenvalue weighted by atomic mass is 32.2. The summed E-state index contributed by atoms with van der Waals surface area (Å²) in [6.07, 6.45) is 3.25. The number of hydrogen-bond donors (Lipinski definition) is 0. The van der Waals surface area contributed by atoms with Gasteiger partial charge in [0.1, 0.15) is 17.8 Å². The monoisotopic (exact) mass is 329 g/mol. The van der Waals surface area contributed by atoms with E-state index >= 15 is 0 Å². The normalized spacial score (nSPS) is 10.7. The SMILES string of the molecule is COc1cccc(C(=O)CSc2nncn2Cc2ccco2)c1. The average molecular weight is 329 g/mol. The first-order valence-corrected chi connectivity index (χ1v) is 7.95. The minimum atomic E-state index is 0.0152. The van der Waals surface area contributed by atoms with Gasteiger partial charge in [-0.25, -0.2) is 0 Å². The molecule has 23 heavy (non-hydrogen) atoms. The first kappa shape index (κ1) is 15.4. The van der Waals surface area contributed by atoms with Crippen molar-refractivity contribution < 1.29 is 13.9 Å². The molecule has 0 radical (unpaired) electrons. The Morgan fingerprint density at radius 2 is 2.26 bits per heavy atom. The van der Waals surface area contributed by atoms with Crippen LogP contribution in [0.1, 0.15) is 16.1 Å². The molecule has 7 heteroatoms. The van der Waals surface area contributed by atoms with Crippen LogP contribution >= 0.6 is 11.8 Å². The Labute approximate surface area is 137 Å². The van der Waals surface area contributed by atoms with E-state index in [1.165, 1.54) is 11.8 Å². The summed E-state index contributed by atoms with van der Waals surface area (Å²) in [7, 11) is 1.58. The number of carbonyl (C=O) groups excluding carboxylic acids is 1. The van der Waals surface area contributed by atoms with Crippen molar-refractivity contribution in [1.29, 1.82) is 0 Å². The highest BCUT2D eigenvalue weighted by molar-refractivity contribution is 7.99. The molecular weight excluding hydrogens is 314 g/mol. The van der Waals surface area contributed by atoms with Crippen LogP contribution in [0.15, 0.2) is 58.6 Å². The molecule has 1 aromatic carbocycles. The van der Waals surface area contributed by atoms with E-state index < -0.39 is 0 Å². The second kappa shape index (κ2) is 7.15. The number of Topliss-reactive ketones (excluding diaryl/α,β-unsaturated/α-hetero) is 1. The Balaban J connectivity index is 1.64. The molecule has 2 aromatic heterocycles. The van der Waals surface area contributed by atoms with E-state index in [9.17, 15) is 4.79 Å². The second-order valence-corrected chi connectivity index (χ2v) is 5.71. The van der Waals surface area contributed by atoms with Crippen LogP contribution in [0.3, 0.4) is 0 Å². The molecule has 0 aliphatic heterocycles. The van der Waals surface area contributed by atoms with Gasteiger partial charge in [0.2, 0.25) is 0 Å². The van der Waals surface area contributed by atoms with Gasteiger partial charge in [-0.05, 0) is 24.3 Å². The zero-order chi connectivity index (χ0) is 16.1. The van der Waals surface area contributed by atoms with E-state index in [0.717, 1.165) is 5.76 Å². The van der Waals surface area contributed by atoms with Gasteiger partial charge in [0.05, 0.1) is 25.7 Å². The minimum Gasteiger partial charge on any atom is -0.497 e. The van der Waals surface area contributed by atoms with E-state index in [-0.39, 0.29) is 11.5 Å². The third kappa shape index (κ3) is 3.81. The highest BCUT2D eigenvalue weighted by Crippen LogP contribution is 2.20. The minimum absolute atomic E-state index is 0.0152. The molecule has 0 amide bonds. The highest BCUT2D eigenvalue weighted by Gasteiger charge is 2.12. The van der Waals surface area contributed by atoms with Crippen molar-refractivity contribution >= 4 is 17.5 Å². The fourth-order valence-corrected chi connectivity index (χ4v) is 2.85. The van der Waals surface area contributed by atoms with E-state index in [1.54, 1.807) is 37.9 Å². The lowest BCUT2D eigenvalue weighted by atomic mass is 10.1. The molecule has 0 aliphatic rings. The molecule has 0 aliphatic carbocycles. The lowest BCUT2D eigenvalue weighted by molar-refractivity contribution is 0.102.